The fourth-order valence-electron chi connectivity index (χ4n) is 1.12. The zero-order valence-corrected chi connectivity index (χ0v) is 10.3. The first-order valence-electron chi connectivity index (χ1n) is 3.62. The molecule has 0 saturated heterocycles. The Bertz CT molecular complexity index is 567. The first-order valence-corrected chi connectivity index (χ1v) is 5.46. The van der Waals surface area contributed by atoms with Gasteiger partial charge >= 0.3 is 0 Å². The van der Waals surface area contributed by atoms with Crippen LogP contribution in [0, 0.1) is 3.57 Å². The molecule has 1 heterocycles. The molecule has 0 unspecified atom stereocenters. The van der Waals surface area contributed by atoms with Crippen molar-refractivity contribution in [2.45, 2.75) is 0 Å². The molecule has 0 atom stereocenters. The zero-order chi connectivity index (χ0) is 10.3. The van der Waals surface area contributed by atoms with E-state index < -0.39 is 0 Å². The van der Waals surface area contributed by atoms with Gasteiger partial charge in [-0.05, 0) is 46.3 Å². The minimum absolute atomic E-state index is 0.0692. The van der Waals surface area contributed by atoms with Crippen LogP contribution in [0.1, 0.15) is 0 Å². The molecule has 6 heteroatoms. The van der Waals surface area contributed by atoms with Crippen molar-refractivity contribution in [3.63, 3.8) is 0 Å². The Labute approximate surface area is 103 Å². The number of nitrogens with zero attached hydrogens (tertiary/aromatic N) is 1. The normalized spacial score (nSPS) is 10.8. The Hall–Kier alpha value is -0.330. The number of nitrogens with one attached hydrogen (secondary N) is 1. The molecule has 0 bridgehead atoms. The lowest BCUT2D eigenvalue weighted by atomic mass is 10.2. The molecule has 72 valence electrons. The van der Waals surface area contributed by atoms with E-state index in [1.807, 2.05) is 0 Å². The van der Waals surface area contributed by atoms with Crippen molar-refractivity contribution in [2.24, 2.45) is 0 Å². The van der Waals surface area contributed by atoms with Gasteiger partial charge in [0.05, 0.1) is 15.9 Å². The highest BCUT2D eigenvalue weighted by atomic mass is 127. The van der Waals surface area contributed by atoms with Gasteiger partial charge in [-0.2, -0.15) is 4.98 Å². The molecule has 14 heavy (non-hydrogen) atoms. The van der Waals surface area contributed by atoms with E-state index in [0.29, 0.717) is 15.9 Å². The van der Waals surface area contributed by atoms with E-state index in [9.17, 15) is 4.79 Å². The van der Waals surface area contributed by atoms with Crippen LogP contribution in [-0.2, 0) is 0 Å². The second-order valence-electron chi connectivity index (χ2n) is 2.64. The summed E-state index contributed by atoms with van der Waals surface area (Å²) in [5.74, 6) is 0. The summed E-state index contributed by atoms with van der Waals surface area (Å²) in [6.45, 7) is 0. The van der Waals surface area contributed by atoms with Crippen molar-refractivity contribution in [2.75, 3.05) is 0 Å². The van der Waals surface area contributed by atoms with Gasteiger partial charge in [0.15, 0.2) is 0 Å². The van der Waals surface area contributed by atoms with E-state index in [2.05, 4.69) is 32.6 Å². The van der Waals surface area contributed by atoms with Crippen LogP contribution < -0.4 is 5.56 Å². The highest BCUT2D eigenvalue weighted by molar-refractivity contribution is 14.1. The Morgan fingerprint density at radius 3 is 2.79 bits per heavy atom. The second-order valence-corrected chi connectivity index (χ2v) is 4.57. The zero-order valence-electron chi connectivity index (χ0n) is 6.64. The fourth-order valence-corrected chi connectivity index (χ4v) is 1.92. The summed E-state index contributed by atoms with van der Waals surface area (Å²) in [5.41, 5.74) is 0.249. The molecule has 1 aromatic heterocycles. The third-order valence-corrected chi connectivity index (χ3v) is 3.43. The van der Waals surface area contributed by atoms with E-state index in [0.717, 1.165) is 3.57 Å². The lowest BCUT2D eigenvalue weighted by molar-refractivity contribution is 1.17. The summed E-state index contributed by atoms with van der Waals surface area (Å²) >= 11 is 13.6. The number of rotatable bonds is 0. The number of H-pyrrole nitrogens is 1. The lowest BCUT2D eigenvalue weighted by Gasteiger charge is -2.00. The topological polar surface area (TPSA) is 45.8 Å². The third-order valence-electron chi connectivity index (χ3n) is 1.73. The second kappa shape index (κ2) is 3.67. The van der Waals surface area contributed by atoms with Crippen LogP contribution in [0.3, 0.4) is 0 Å². The highest BCUT2D eigenvalue weighted by Gasteiger charge is 2.05. The predicted molar refractivity (Wildman–Crippen MR) is 65.1 cm³/mol. The molecule has 0 spiro atoms. The predicted octanol–water partition coefficient (Wildman–Crippen LogP) is 2.83. The molecule has 2 aromatic rings. The summed E-state index contributed by atoms with van der Waals surface area (Å²) in [5, 5.41) is 1.14. The molecule has 1 N–H and O–H groups in total. The number of halogens is 3. The molecular weight excluding hydrogens is 338 g/mol. The molecule has 0 aliphatic carbocycles. The van der Waals surface area contributed by atoms with Gasteiger partial charge in [0.1, 0.15) is 0 Å². The van der Waals surface area contributed by atoms with E-state index in [1.54, 1.807) is 12.1 Å². The molecule has 2 rings (SSSR count). The molecule has 0 aliphatic rings. The van der Waals surface area contributed by atoms with E-state index in [-0.39, 0.29) is 10.8 Å². The molecule has 0 saturated carbocycles. The van der Waals surface area contributed by atoms with Gasteiger partial charge < -0.3 is 4.98 Å². The van der Waals surface area contributed by atoms with Crippen molar-refractivity contribution in [3.8, 4) is 0 Å². The Morgan fingerprint density at radius 1 is 1.36 bits per heavy atom. The molecule has 0 aliphatic heterocycles. The van der Waals surface area contributed by atoms with Gasteiger partial charge in [-0.1, -0.05) is 11.6 Å². The molecule has 0 amide bonds. The summed E-state index contributed by atoms with van der Waals surface area (Å²) in [7, 11) is 0. The number of aromatic nitrogens is 2. The van der Waals surface area contributed by atoms with Crippen LogP contribution in [-0.4, -0.2) is 9.97 Å². The Kier molecular flexibility index (Phi) is 2.68. The quantitative estimate of drug-likeness (QED) is 0.592. The van der Waals surface area contributed by atoms with Crippen LogP contribution >= 0.6 is 45.8 Å². The van der Waals surface area contributed by atoms with Crippen molar-refractivity contribution in [1.82, 2.24) is 9.97 Å². The summed E-state index contributed by atoms with van der Waals surface area (Å²) < 4.78 is 0.811. The average molecular weight is 341 g/mol. The van der Waals surface area contributed by atoms with Crippen LogP contribution in [0.15, 0.2) is 16.9 Å². The maximum absolute atomic E-state index is 11.4. The number of hydrogen-bond acceptors (Lipinski definition) is 2. The van der Waals surface area contributed by atoms with Crippen molar-refractivity contribution in [1.29, 1.82) is 0 Å². The first-order chi connectivity index (χ1) is 6.58. The molecular formula is C8H3Cl2IN2O. The fraction of sp³-hybridized carbons (Fsp3) is 0. The minimum Gasteiger partial charge on any atom is -0.330 e. The molecule has 0 fully saturated rings. The van der Waals surface area contributed by atoms with E-state index in [4.69, 9.17) is 23.2 Å². The van der Waals surface area contributed by atoms with Gasteiger partial charge in [-0.15, -0.1) is 0 Å². The van der Waals surface area contributed by atoms with Crippen LogP contribution in [0.25, 0.3) is 10.9 Å². The smallest absolute Gasteiger partial charge is 0.281 e. The van der Waals surface area contributed by atoms with Gasteiger partial charge in [-0.3, -0.25) is 4.79 Å². The van der Waals surface area contributed by atoms with Gasteiger partial charge in [0.25, 0.3) is 5.56 Å². The maximum atomic E-state index is 11.4. The SMILES string of the molecule is O=c1nc(Cl)[nH]c2cc(Cl)c(I)cc12. The average Bonchev–Trinajstić information content (AvgIpc) is 2.08. The largest absolute Gasteiger partial charge is 0.330 e. The van der Waals surface area contributed by atoms with Gasteiger partial charge in [0.2, 0.25) is 5.28 Å². The van der Waals surface area contributed by atoms with Gasteiger partial charge in [0, 0.05) is 3.57 Å². The molecule has 0 radical (unpaired) electrons. The van der Waals surface area contributed by atoms with Crippen LogP contribution in [0.5, 0.6) is 0 Å². The van der Waals surface area contributed by atoms with E-state index >= 15 is 0 Å². The highest BCUT2D eigenvalue weighted by Crippen LogP contribution is 2.22. The van der Waals surface area contributed by atoms with Gasteiger partial charge in [-0.25, -0.2) is 0 Å². The Balaban J connectivity index is 2.96. The van der Waals surface area contributed by atoms with Crippen molar-refractivity contribution in [3.05, 3.63) is 36.4 Å². The summed E-state index contributed by atoms with van der Waals surface area (Å²) in [6.07, 6.45) is 0. The first kappa shape index (κ1) is 10.2. The van der Waals surface area contributed by atoms with E-state index in [1.165, 1.54) is 0 Å². The van der Waals surface area contributed by atoms with Crippen LogP contribution in [0.4, 0.5) is 0 Å². The number of hydrogen-bond donors (Lipinski definition) is 1. The monoisotopic (exact) mass is 340 g/mol. The minimum atomic E-state index is -0.349. The summed E-state index contributed by atoms with van der Waals surface area (Å²) in [6, 6.07) is 3.34. The number of benzene rings is 1. The maximum Gasteiger partial charge on any atom is 0.281 e. The number of aromatic amines is 1. The van der Waals surface area contributed by atoms with Crippen molar-refractivity contribution < 1.29 is 0 Å². The number of fused-ring (bicyclic) bond motifs is 1. The third kappa shape index (κ3) is 1.74. The standard InChI is InChI=1S/C8H3Cl2IN2O/c9-4-2-6-3(1-5(4)11)7(14)13-8(10)12-6/h1-2H,(H,12,13,14). The lowest BCUT2D eigenvalue weighted by Crippen LogP contribution is -2.07. The van der Waals surface area contributed by atoms with Crippen molar-refractivity contribution >= 4 is 56.7 Å². The van der Waals surface area contributed by atoms with Crippen LogP contribution in [0.2, 0.25) is 10.3 Å². The Morgan fingerprint density at radius 2 is 2.07 bits per heavy atom. The molecule has 1 aromatic carbocycles. The molecule has 3 nitrogen and oxygen atoms in total. The summed E-state index contributed by atoms with van der Waals surface area (Å²) in [4.78, 5) is 17.7.